The summed E-state index contributed by atoms with van der Waals surface area (Å²) in [6, 6.07) is 8.22. The molecule has 0 atom stereocenters. The van der Waals surface area contributed by atoms with Crippen molar-refractivity contribution in [3.63, 3.8) is 0 Å². The van der Waals surface area contributed by atoms with Gasteiger partial charge in [0.2, 0.25) is 0 Å². The first-order chi connectivity index (χ1) is 7.91. The highest BCUT2D eigenvalue weighted by molar-refractivity contribution is 9.10. The van der Waals surface area contributed by atoms with Crippen LogP contribution in [0.15, 0.2) is 39.7 Å². The SMILES string of the molecule is Cc1cc(C)n(S(=O)(=O)c2ccc(Br)cc2)n1. The van der Waals surface area contributed by atoms with Crippen LogP contribution in [0.5, 0.6) is 0 Å². The Morgan fingerprint density at radius 1 is 1.18 bits per heavy atom. The van der Waals surface area contributed by atoms with Crippen LogP contribution in [0.25, 0.3) is 0 Å². The number of hydrogen-bond acceptors (Lipinski definition) is 3. The number of hydrogen-bond donors (Lipinski definition) is 0. The van der Waals surface area contributed by atoms with Crippen LogP contribution in [-0.4, -0.2) is 17.6 Å². The van der Waals surface area contributed by atoms with Gasteiger partial charge in [-0.3, -0.25) is 0 Å². The molecule has 4 nitrogen and oxygen atoms in total. The Bertz CT molecular complexity index is 645. The fourth-order valence-electron chi connectivity index (χ4n) is 1.56. The molecule has 0 aliphatic carbocycles. The first-order valence-corrected chi connectivity index (χ1v) is 7.19. The predicted molar refractivity (Wildman–Crippen MR) is 68.4 cm³/mol. The topological polar surface area (TPSA) is 52.0 Å². The number of halogens is 1. The summed E-state index contributed by atoms with van der Waals surface area (Å²) in [5.74, 6) is 0. The summed E-state index contributed by atoms with van der Waals surface area (Å²) in [6.07, 6.45) is 0. The van der Waals surface area contributed by atoms with Gasteiger partial charge in [-0.1, -0.05) is 15.9 Å². The zero-order valence-corrected chi connectivity index (χ0v) is 11.8. The summed E-state index contributed by atoms with van der Waals surface area (Å²) < 4.78 is 26.4. The predicted octanol–water partition coefficient (Wildman–Crippen LogP) is 2.50. The van der Waals surface area contributed by atoms with Crippen LogP contribution in [0.2, 0.25) is 0 Å². The first kappa shape index (κ1) is 12.3. The van der Waals surface area contributed by atoms with E-state index in [-0.39, 0.29) is 4.90 Å². The van der Waals surface area contributed by atoms with E-state index < -0.39 is 10.0 Å². The van der Waals surface area contributed by atoms with Crippen molar-refractivity contribution >= 4 is 26.0 Å². The number of aromatic nitrogens is 2. The van der Waals surface area contributed by atoms with Crippen LogP contribution in [0.1, 0.15) is 11.4 Å². The molecule has 1 heterocycles. The summed E-state index contributed by atoms with van der Waals surface area (Å²) in [4.78, 5) is 0.229. The van der Waals surface area contributed by atoms with Gasteiger partial charge in [0.05, 0.1) is 16.3 Å². The molecular weight excluding hydrogens is 304 g/mol. The summed E-state index contributed by atoms with van der Waals surface area (Å²) in [7, 11) is -3.58. The minimum absolute atomic E-state index is 0.229. The molecule has 90 valence electrons. The standard InChI is InChI=1S/C11H11BrN2O2S/c1-8-7-9(2)14(13-8)17(15,16)11-5-3-10(12)4-6-11/h3-7H,1-2H3. The Kier molecular flexibility index (Phi) is 3.09. The lowest BCUT2D eigenvalue weighted by molar-refractivity contribution is 0.578. The molecule has 0 spiro atoms. The molecule has 0 saturated heterocycles. The molecule has 0 N–H and O–H groups in total. The third kappa shape index (κ3) is 2.28. The summed E-state index contributed by atoms with van der Waals surface area (Å²) in [5, 5.41) is 4.00. The van der Waals surface area contributed by atoms with E-state index in [2.05, 4.69) is 21.0 Å². The van der Waals surface area contributed by atoms with Crippen LogP contribution >= 0.6 is 15.9 Å². The molecule has 0 bridgehead atoms. The second-order valence-electron chi connectivity index (χ2n) is 3.73. The second kappa shape index (κ2) is 4.27. The molecule has 0 amide bonds. The molecule has 17 heavy (non-hydrogen) atoms. The smallest absolute Gasteiger partial charge is 0.199 e. The van der Waals surface area contributed by atoms with Crippen molar-refractivity contribution in [3.05, 3.63) is 46.2 Å². The highest BCUT2D eigenvalue weighted by Gasteiger charge is 2.19. The second-order valence-corrected chi connectivity index (χ2v) is 6.41. The third-order valence-electron chi connectivity index (χ3n) is 2.31. The molecule has 2 rings (SSSR count). The van der Waals surface area contributed by atoms with Crippen LogP contribution in [0, 0.1) is 13.8 Å². The van der Waals surface area contributed by atoms with Crippen molar-refractivity contribution < 1.29 is 8.42 Å². The molecule has 6 heteroatoms. The number of aryl methyl sites for hydroxylation is 2. The summed E-state index contributed by atoms with van der Waals surface area (Å²) in [6.45, 7) is 3.48. The van der Waals surface area contributed by atoms with E-state index in [1.54, 1.807) is 44.2 Å². The van der Waals surface area contributed by atoms with E-state index >= 15 is 0 Å². The molecule has 0 fully saturated rings. The average Bonchev–Trinajstić information content (AvgIpc) is 2.59. The highest BCUT2D eigenvalue weighted by Crippen LogP contribution is 2.18. The van der Waals surface area contributed by atoms with Gasteiger partial charge in [0.25, 0.3) is 10.0 Å². The van der Waals surface area contributed by atoms with Gasteiger partial charge in [-0.15, -0.1) is 0 Å². The fourth-order valence-corrected chi connectivity index (χ4v) is 3.17. The maximum Gasteiger partial charge on any atom is 0.283 e. The Hall–Kier alpha value is -1.14. The van der Waals surface area contributed by atoms with Gasteiger partial charge in [-0.2, -0.15) is 17.6 Å². The monoisotopic (exact) mass is 314 g/mol. The minimum atomic E-state index is -3.58. The van der Waals surface area contributed by atoms with E-state index in [0.717, 1.165) is 8.56 Å². The Morgan fingerprint density at radius 3 is 2.24 bits per heavy atom. The van der Waals surface area contributed by atoms with Crippen molar-refractivity contribution in [1.29, 1.82) is 0 Å². The van der Waals surface area contributed by atoms with Crippen LogP contribution in [0.3, 0.4) is 0 Å². The van der Waals surface area contributed by atoms with Crippen molar-refractivity contribution in [2.75, 3.05) is 0 Å². The van der Waals surface area contributed by atoms with E-state index in [1.165, 1.54) is 0 Å². The Labute approximate surface area is 108 Å². The van der Waals surface area contributed by atoms with Gasteiger partial charge < -0.3 is 0 Å². The lowest BCUT2D eigenvalue weighted by Crippen LogP contribution is -2.16. The molecule has 0 saturated carbocycles. The Balaban J connectivity index is 2.57. The Morgan fingerprint density at radius 2 is 1.76 bits per heavy atom. The van der Waals surface area contributed by atoms with Gasteiger partial charge in [0.15, 0.2) is 0 Å². The summed E-state index contributed by atoms with van der Waals surface area (Å²) >= 11 is 3.27. The fraction of sp³-hybridized carbons (Fsp3) is 0.182. The van der Waals surface area contributed by atoms with Crippen LogP contribution in [0.4, 0.5) is 0 Å². The average molecular weight is 315 g/mol. The van der Waals surface area contributed by atoms with Crippen molar-refractivity contribution in [3.8, 4) is 0 Å². The maximum atomic E-state index is 12.3. The summed E-state index contributed by atoms with van der Waals surface area (Å²) in [5.41, 5.74) is 1.29. The van der Waals surface area contributed by atoms with E-state index in [9.17, 15) is 8.42 Å². The molecule has 0 aliphatic rings. The number of benzene rings is 1. The molecule has 1 aromatic carbocycles. The van der Waals surface area contributed by atoms with Gasteiger partial charge in [-0.05, 0) is 44.2 Å². The van der Waals surface area contributed by atoms with E-state index in [0.29, 0.717) is 11.4 Å². The van der Waals surface area contributed by atoms with Crippen LogP contribution in [-0.2, 0) is 10.0 Å². The quantitative estimate of drug-likeness (QED) is 0.855. The third-order valence-corrected chi connectivity index (χ3v) is 4.53. The molecule has 0 aliphatic heterocycles. The molecular formula is C11H11BrN2O2S. The van der Waals surface area contributed by atoms with Crippen molar-refractivity contribution in [2.45, 2.75) is 18.7 Å². The van der Waals surface area contributed by atoms with Crippen molar-refractivity contribution in [1.82, 2.24) is 9.19 Å². The minimum Gasteiger partial charge on any atom is -0.199 e. The molecule has 0 radical (unpaired) electrons. The van der Waals surface area contributed by atoms with E-state index in [1.807, 2.05) is 0 Å². The largest absolute Gasteiger partial charge is 0.283 e. The molecule has 1 aromatic heterocycles. The normalized spacial score (nSPS) is 11.7. The maximum absolute atomic E-state index is 12.3. The number of nitrogens with zero attached hydrogens (tertiary/aromatic N) is 2. The van der Waals surface area contributed by atoms with Gasteiger partial charge in [-0.25, -0.2) is 0 Å². The zero-order valence-electron chi connectivity index (χ0n) is 9.38. The zero-order chi connectivity index (χ0) is 12.6. The van der Waals surface area contributed by atoms with Gasteiger partial charge in [0.1, 0.15) is 0 Å². The molecule has 0 unspecified atom stereocenters. The lowest BCUT2D eigenvalue weighted by Gasteiger charge is -2.06. The molecule has 2 aromatic rings. The van der Waals surface area contributed by atoms with Gasteiger partial charge >= 0.3 is 0 Å². The lowest BCUT2D eigenvalue weighted by atomic mass is 10.4. The van der Waals surface area contributed by atoms with Crippen molar-refractivity contribution in [2.24, 2.45) is 0 Å². The van der Waals surface area contributed by atoms with Crippen LogP contribution < -0.4 is 0 Å². The number of rotatable bonds is 2. The van der Waals surface area contributed by atoms with Gasteiger partial charge in [0, 0.05) is 4.47 Å². The highest BCUT2D eigenvalue weighted by atomic mass is 79.9. The first-order valence-electron chi connectivity index (χ1n) is 4.95. The van der Waals surface area contributed by atoms with E-state index in [4.69, 9.17) is 0 Å².